The molecule has 17 heavy (non-hydrogen) atoms. The SMILES string of the molecule is CCC(C)(C#N)NS(=O)(=O)c1c(C)n[nH]c1C. The van der Waals surface area contributed by atoms with Crippen LogP contribution in [-0.4, -0.2) is 24.2 Å². The molecule has 1 heterocycles. The first-order valence-electron chi connectivity index (χ1n) is 5.22. The summed E-state index contributed by atoms with van der Waals surface area (Å²) in [7, 11) is -3.73. The lowest BCUT2D eigenvalue weighted by Gasteiger charge is -2.21. The van der Waals surface area contributed by atoms with Gasteiger partial charge in [-0.2, -0.15) is 15.1 Å². The van der Waals surface area contributed by atoms with E-state index in [1.807, 2.05) is 6.07 Å². The van der Waals surface area contributed by atoms with E-state index in [1.54, 1.807) is 27.7 Å². The lowest BCUT2D eigenvalue weighted by molar-refractivity contribution is 0.494. The molecule has 1 aromatic rings. The molecule has 0 fully saturated rings. The Morgan fingerprint density at radius 1 is 1.53 bits per heavy atom. The Kier molecular flexibility index (Phi) is 3.59. The summed E-state index contributed by atoms with van der Waals surface area (Å²) < 4.78 is 26.7. The summed E-state index contributed by atoms with van der Waals surface area (Å²) in [6, 6.07) is 1.96. The minimum Gasteiger partial charge on any atom is -0.281 e. The Hall–Kier alpha value is -1.39. The molecule has 1 atom stereocenters. The smallest absolute Gasteiger partial charge is 0.245 e. The van der Waals surface area contributed by atoms with E-state index in [4.69, 9.17) is 5.26 Å². The molecule has 0 saturated carbocycles. The highest BCUT2D eigenvalue weighted by atomic mass is 32.2. The van der Waals surface area contributed by atoms with Gasteiger partial charge in [-0.25, -0.2) is 8.42 Å². The zero-order chi connectivity index (χ0) is 13.3. The van der Waals surface area contributed by atoms with Crippen LogP contribution in [0.15, 0.2) is 4.90 Å². The van der Waals surface area contributed by atoms with Gasteiger partial charge in [0.05, 0.1) is 17.5 Å². The minimum atomic E-state index is -3.73. The van der Waals surface area contributed by atoms with E-state index in [0.717, 1.165) is 0 Å². The van der Waals surface area contributed by atoms with Gasteiger partial charge in [0.1, 0.15) is 10.4 Å². The van der Waals surface area contributed by atoms with Gasteiger partial charge in [-0.05, 0) is 27.2 Å². The number of aryl methyl sites for hydroxylation is 2. The predicted octanol–water partition coefficient (Wildman–Crippen LogP) is 0.997. The number of aromatic nitrogens is 2. The van der Waals surface area contributed by atoms with Gasteiger partial charge >= 0.3 is 0 Å². The molecule has 1 rings (SSSR count). The average molecular weight is 256 g/mol. The van der Waals surface area contributed by atoms with Crippen molar-refractivity contribution in [3.63, 3.8) is 0 Å². The lowest BCUT2D eigenvalue weighted by Crippen LogP contribution is -2.44. The van der Waals surface area contributed by atoms with Gasteiger partial charge < -0.3 is 0 Å². The van der Waals surface area contributed by atoms with Crippen molar-refractivity contribution in [2.75, 3.05) is 0 Å². The van der Waals surface area contributed by atoms with Crippen molar-refractivity contribution in [2.24, 2.45) is 0 Å². The highest BCUT2D eigenvalue weighted by Gasteiger charge is 2.31. The van der Waals surface area contributed by atoms with E-state index < -0.39 is 15.6 Å². The fraction of sp³-hybridized carbons (Fsp3) is 0.600. The predicted molar refractivity (Wildman–Crippen MR) is 62.7 cm³/mol. The van der Waals surface area contributed by atoms with Crippen molar-refractivity contribution in [1.82, 2.24) is 14.9 Å². The first-order chi connectivity index (χ1) is 7.75. The molecule has 94 valence electrons. The number of nitrogens with zero attached hydrogens (tertiary/aromatic N) is 2. The molecule has 0 aliphatic heterocycles. The number of hydrogen-bond acceptors (Lipinski definition) is 4. The molecule has 0 saturated heterocycles. The molecule has 6 nitrogen and oxygen atoms in total. The molecular formula is C10H16N4O2S. The molecule has 1 aromatic heterocycles. The first kappa shape index (κ1) is 13.7. The van der Waals surface area contributed by atoms with Crippen LogP contribution >= 0.6 is 0 Å². The van der Waals surface area contributed by atoms with E-state index in [2.05, 4.69) is 14.9 Å². The van der Waals surface area contributed by atoms with Crippen molar-refractivity contribution in [3.8, 4) is 6.07 Å². The molecular weight excluding hydrogens is 240 g/mol. The van der Waals surface area contributed by atoms with Crippen molar-refractivity contribution in [1.29, 1.82) is 5.26 Å². The highest BCUT2D eigenvalue weighted by Crippen LogP contribution is 2.19. The van der Waals surface area contributed by atoms with Gasteiger partial charge in [0.2, 0.25) is 10.0 Å². The van der Waals surface area contributed by atoms with Crippen LogP contribution in [0.4, 0.5) is 0 Å². The molecule has 2 N–H and O–H groups in total. The normalized spacial score (nSPS) is 15.2. The number of aromatic amines is 1. The van der Waals surface area contributed by atoms with Crippen LogP contribution in [0.2, 0.25) is 0 Å². The Bertz CT molecular complexity index is 536. The maximum atomic E-state index is 12.1. The summed E-state index contributed by atoms with van der Waals surface area (Å²) in [5.41, 5.74) is -0.243. The quantitative estimate of drug-likeness (QED) is 0.839. The second-order valence-electron chi connectivity index (χ2n) is 4.17. The molecule has 0 spiro atoms. The molecule has 0 amide bonds. The Labute approximate surface area is 101 Å². The van der Waals surface area contributed by atoms with Crippen molar-refractivity contribution in [3.05, 3.63) is 11.4 Å². The number of nitriles is 1. The second-order valence-corrected chi connectivity index (χ2v) is 5.79. The topological polar surface area (TPSA) is 98.6 Å². The number of nitrogens with one attached hydrogen (secondary N) is 2. The van der Waals surface area contributed by atoms with E-state index in [9.17, 15) is 8.42 Å². The highest BCUT2D eigenvalue weighted by molar-refractivity contribution is 7.89. The van der Waals surface area contributed by atoms with Gasteiger partial charge in [0.25, 0.3) is 0 Å². The summed E-state index contributed by atoms with van der Waals surface area (Å²) in [5.74, 6) is 0. The maximum Gasteiger partial charge on any atom is 0.245 e. The average Bonchev–Trinajstić information content (AvgIpc) is 2.58. The number of rotatable bonds is 4. The summed E-state index contributed by atoms with van der Waals surface area (Å²) in [4.78, 5) is 0.118. The largest absolute Gasteiger partial charge is 0.281 e. The summed E-state index contributed by atoms with van der Waals surface area (Å²) >= 11 is 0. The second kappa shape index (κ2) is 4.47. The van der Waals surface area contributed by atoms with Crippen LogP contribution in [0.3, 0.4) is 0 Å². The van der Waals surface area contributed by atoms with Crippen LogP contribution in [0.5, 0.6) is 0 Å². The maximum absolute atomic E-state index is 12.1. The summed E-state index contributed by atoms with van der Waals surface area (Å²) in [6.07, 6.45) is 0.388. The lowest BCUT2D eigenvalue weighted by atomic mass is 10.0. The van der Waals surface area contributed by atoms with Gasteiger partial charge in [-0.3, -0.25) is 5.10 Å². The Morgan fingerprint density at radius 3 is 2.47 bits per heavy atom. The molecule has 1 unspecified atom stereocenters. The third-order valence-electron chi connectivity index (χ3n) is 2.64. The fourth-order valence-corrected chi connectivity index (χ4v) is 3.23. The van der Waals surface area contributed by atoms with Crippen LogP contribution in [0.1, 0.15) is 31.7 Å². The Morgan fingerprint density at radius 2 is 2.12 bits per heavy atom. The van der Waals surface area contributed by atoms with E-state index in [1.165, 1.54) is 0 Å². The van der Waals surface area contributed by atoms with E-state index >= 15 is 0 Å². The van der Waals surface area contributed by atoms with Crippen molar-refractivity contribution >= 4 is 10.0 Å². The first-order valence-corrected chi connectivity index (χ1v) is 6.71. The van der Waals surface area contributed by atoms with Gasteiger partial charge in [-0.1, -0.05) is 6.92 Å². The molecule has 7 heteroatoms. The van der Waals surface area contributed by atoms with Crippen LogP contribution in [0, 0.1) is 25.2 Å². The molecule has 0 radical (unpaired) electrons. The fourth-order valence-electron chi connectivity index (χ4n) is 1.46. The van der Waals surface area contributed by atoms with Crippen LogP contribution in [0.25, 0.3) is 0 Å². The zero-order valence-electron chi connectivity index (χ0n) is 10.3. The standard InChI is InChI=1S/C10H16N4O2S/c1-5-10(4,6-11)14-17(15,16)9-7(2)12-13-8(9)3/h14H,5H2,1-4H3,(H,12,13). The Balaban J connectivity index is 3.20. The third kappa shape index (κ3) is 2.65. The third-order valence-corrected chi connectivity index (χ3v) is 4.50. The molecule has 0 bridgehead atoms. The molecule has 0 aliphatic rings. The van der Waals surface area contributed by atoms with Gasteiger partial charge in [0, 0.05) is 0 Å². The summed E-state index contributed by atoms with van der Waals surface area (Å²) in [6.45, 7) is 6.54. The van der Waals surface area contributed by atoms with Crippen LogP contribution in [-0.2, 0) is 10.0 Å². The van der Waals surface area contributed by atoms with Crippen molar-refractivity contribution in [2.45, 2.75) is 44.6 Å². The van der Waals surface area contributed by atoms with Crippen molar-refractivity contribution < 1.29 is 8.42 Å². The minimum absolute atomic E-state index is 0.118. The van der Waals surface area contributed by atoms with Gasteiger partial charge in [0.15, 0.2) is 0 Å². The number of H-pyrrole nitrogens is 1. The van der Waals surface area contributed by atoms with Gasteiger partial charge in [-0.15, -0.1) is 0 Å². The summed E-state index contributed by atoms with van der Waals surface area (Å²) in [5, 5.41) is 15.4. The zero-order valence-corrected chi connectivity index (χ0v) is 11.1. The van der Waals surface area contributed by atoms with E-state index in [-0.39, 0.29) is 4.90 Å². The monoisotopic (exact) mass is 256 g/mol. The van der Waals surface area contributed by atoms with E-state index in [0.29, 0.717) is 17.8 Å². The number of sulfonamides is 1. The van der Waals surface area contributed by atoms with Crippen LogP contribution < -0.4 is 4.72 Å². The number of hydrogen-bond donors (Lipinski definition) is 2. The molecule has 0 aliphatic carbocycles. The molecule has 0 aromatic carbocycles.